The molecule has 0 aromatic heterocycles. The summed E-state index contributed by atoms with van der Waals surface area (Å²) in [6.07, 6.45) is 30.2. The van der Waals surface area contributed by atoms with Crippen LogP contribution in [0.25, 0.3) is 0 Å². The minimum Gasteiger partial charge on any atom is -0.490 e. The lowest BCUT2D eigenvalue weighted by Gasteiger charge is -2.28. The Morgan fingerprint density at radius 3 is 1.97 bits per heavy atom. The highest BCUT2D eigenvalue weighted by Gasteiger charge is 2.20. The molecule has 2 aliphatic carbocycles. The van der Waals surface area contributed by atoms with Crippen LogP contribution in [0.15, 0.2) is 36.4 Å². The zero-order valence-electron chi connectivity index (χ0n) is 22.6. The van der Waals surface area contributed by atoms with Gasteiger partial charge in [-0.15, -0.1) is 0 Å². The predicted octanol–water partition coefficient (Wildman–Crippen LogP) is 10.3. The summed E-state index contributed by atoms with van der Waals surface area (Å²) >= 11 is 0. The van der Waals surface area contributed by atoms with Gasteiger partial charge < -0.3 is 4.74 Å². The number of rotatable bonds is 15. The number of aryl methyl sites for hydroxylation is 1. The lowest BCUT2D eigenvalue weighted by molar-refractivity contribution is 0.252. The molecule has 0 amide bonds. The van der Waals surface area contributed by atoms with E-state index in [1.807, 2.05) is 0 Å². The Morgan fingerprint density at radius 2 is 1.29 bits per heavy atom. The topological polar surface area (TPSA) is 9.23 Å². The summed E-state index contributed by atoms with van der Waals surface area (Å²) in [6.45, 7) is 5.34. The molecule has 0 radical (unpaired) electrons. The van der Waals surface area contributed by atoms with Gasteiger partial charge in [-0.3, -0.25) is 0 Å². The second-order valence-corrected chi connectivity index (χ2v) is 11.6. The molecule has 1 aromatic rings. The van der Waals surface area contributed by atoms with Crippen molar-refractivity contribution in [3.8, 4) is 5.75 Å². The van der Waals surface area contributed by atoms with Crippen LogP contribution in [0.1, 0.15) is 129 Å². The molecule has 0 atom stereocenters. The fraction of sp³-hybridized carbons (Fsp3) is 0.758. The average molecular weight is 467 g/mol. The molecule has 2 aliphatic rings. The van der Waals surface area contributed by atoms with Crippen molar-refractivity contribution >= 4 is 0 Å². The smallest absolute Gasteiger partial charge is 0.119 e. The molecule has 0 saturated heterocycles. The molecule has 1 nitrogen and oxygen atoms in total. The first-order chi connectivity index (χ1) is 16.8. The van der Waals surface area contributed by atoms with E-state index in [-0.39, 0.29) is 0 Å². The van der Waals surface area contributed by atoms with Crippen molar-refractivity contribution in [2.24, 2.45) is 23.7 Å². The van der Waals surface area contributed by atoms with Crippen LogP contribution in [0.4, 0.5) is 0 Å². The van der Waals surface area contributed by atoms with Crippen molar-refractivity contribution in [1.29, 1.82) is 0 Å². The van der Waals surface area contributed by atoms with Crippen molar-refractivity contribution < 1.29 is 4.74 Å². The molecule has 1 aromatic carbocycles. The molecule has 3 rings (SSSR count). The van der Waals surface area contributed by atoms with Gasteiger partial charge in [-0.25, -0.2) is 0 Å². The molecule has 2 fully saturated rings. The summed E-state index contributed by atoms with van der Waals surface area (Å²) in [5.74, 6) is 4.76. The maximum atomic E-state index is 6.00. The number of hydrogen-bond donors (Lipinski definition) is 0. The van der Waals surface area contributed by atoms with Gasteiger partial charge in [0.2, 0.25) is 0 Å². The normalized spacial score (nSPS) is 25.6. The van der Waals surface area contributed by atoms with Crippen LogP contribution in [-0.2, 0) is 6.42 Å². The monoisotopic (exact) mass is 466 g/mol. The quantitative estimate of drug-likeness (QED) is 0.184. The SMILES string of the molecule is CCCCCCCC1CCC(C=CCOc2ccc(CCC3CCC(CCC)CC3)cc2)CC1. The second kappa shape index (κ2) is 16.4. The molecule has 0 heterocycles. The molecular formula is C33H54O. The van der Waals surface area contributed by atoms with E-state index >= 15 is 0 Å². The summed E-state index contributed by atoms with van der Waals surface area (Å²) in [4.78, 5) is 0. The predicted molar refractivity (Wildman–Crippen MR) is 149 cm³/mol. The Kier molecular flexibility index (Phi) is 13.2. The molecule has 0 bridgehead atoms. The van der Waals surface area contributed by atoms with Gasteiger partial charge in [0.15, 0.2) is 0 Å². The van der Waals surface area contributed by atoms with Gasteiger partial charge in [0.25, 0.3) is 0 Å². The molecular weight excluding hydrogens is 412 g/mol. The number of unbranched alkanes of at least 4 members (excludes halogenated alkanes) is 4. The maximum absolute atomic E-state index is 6.00. The van der Waals surface area contributed by atoms with E-state index < -0.39 is 0 Å². The number of benzene rings is 1. The molecule has 34 heavy (non-hydrogen) atoms. The van der Waals surface area contributed by atoms with Crippen LogP contribution in [0.3, 0.4) is 0 Å². The molecule has 192 valence electrons. The Bertz CT molecular complexity index is 644. The van der Waals surface area contributed by atoms with Gasteiger partial charge >= 0.3 is 0 Å². The van der Waals surface area contributed by atoms with Crippen LogP contribution < -0.4 is 4.74 Å². The van der Waals surface area contributed by atoms with Gasteiger partial charge in [0.1, 0.15) is 12.4 Å². The van der Waals surface area contributed by atoms with Crippen molar-refractivity contribution in [3.05, 3.63) is 42.0 Å². The van der Waals surface area contributed by atoms with Crippen molar-refractivity contribution in [2.75, 3.05) is 6.61 Å². The van der Waals surface area contributed by atoms with Crippen molar-refractivity contribution in [2.45, 2.75) is 129 Å². The first-order valence-corrected chi connectivity index (χ1v) is 15.1. The van der Waals surface area contributed by atoms with Gasteiger partial charge in [-0.05, 0) is 79.9 Å². The molecule has 2 saturated carbocycles. The largest absolute Gasteiger partial charge is 0.490 e. The number of hydrogen-bond acceptors (Lipinski definition) is 1. The minimum atomic E-state index is 0.706. The van der Waals surface area contributed by atoms with E-state index in [0.717, 1.165) is 29.4 Å². The molecule has 0 unspecified atom stereocenters. The first kappa shape index (κ1) is 27.3. The van der Waals surface area contributed by atoms with Gasteiger partial charge in [0.05, 0.1) is 0 Å². The minimum absolute atomic E-state index is 0.706. The van der Waals surface area contributed by atoms with E-state index in [1.165, 1.54) is 121 Å². The fourth-order valence-corrected chi connectivity index (χ4v) is 6.44. The lowest BCUT2D eigenvalue weighted by atomic mass is 9.78. The summed E-state index contributed by atoms with van der Waals surface area (Å²) in [5.41, 5.74) is 1.47. The summed E-state index contributed by atoms with van der Waals surface area (Å²) in [5, 5.41) is 0. The van der Waals surface area contributed by atoms with Crippen LogP contribution >= 0.6 is 0 Å². The highest BCUT2D eigenvalue weighted by Crippen LogP contribution is 2.34. The Labute approximate surface area is 212 Å². The van der Waals surface area contributed by atoms with Crippen molar-refractivity contribution in [3.63, 3.8) is 0 Å². The van der Waals surface area contributed by atoms with Crippen LogP contribution in [-0.4, -0.2) is 6.61 Å². The van der Waals surface area contributed by atoms with E-state index in [1.54, 1.807) is 0 Å². The zero-order chi connectivity index (χ0) is 23.8. The van der Waals surface area contributed by atoms with E-state index in [2.05, 4.69) is 50.3 Å². The molecule has 1 heteroatoms. The number of ether oxygens (including phenoxy) is 1. The van der Waals surface area contributed by atoms with Crippen molar-refractivity contribution in [1.82, 2.24) is 0 Å². The Hall–Kier alpha value is -1.24. The van der Waals surface area contributed by atoms with Gasteiger partial charge in [-0.2, -0.15) is 0 Å². The first-order valence-electron chi connectivity index (χ1n) is 15.1. The third kappa shape index (κ3) is 10.6. The Balaban J connectivity index is 1.24. The molecule has 0 aliphatic heterocycles. The zero-order valence-corrected chi connectivity index (χ0v) is 22.6. The highest BCUT2D eigenvalue weighted by molar-refractivity contribution is 5.27. The summed E-state index contributed by atoms with van der Waals surface area (Å²) in [7, 11) is 0. The second-order valence-electron chi connectivity index (χ2n) is 11.6. The third-order valence-corrected chi connectivity index (χ3v) is 8.79. The van der Waals surface area contributed by atoms with Gasteiger partial charge in [0, 0.05) is 0 Å². The standard InChI is InChI=1S/C33H54O/c1-3-5-6-7-8-11-29-15-17-30(18-16-29)12-9-27-34-33-25-23-32(24-26-33)22-21-31-19-13-28(10-4-2)14-20-31/h9,12,23-26,28-31H,3-8,10-11,13-22,27H2,1-2H3. The maximum Gasteiger partial charge on any atom is 0.119 e. The summed E-state index contributed by atoms with van der Waals surface area (Å²) in [6, 6.07) is 8.91. The Morgan fingerprint density at radius 1 is 0.676 bits per heavy atom. The van der Waals surface area contributed by atoms with E-state index in [0.29, 0.717) is 6.61 Å². The highest BCUT2D eigenvalue weighted by atomic mass is 16.5. The van der Waals surface area contributed by atoms with E-state index in [9.17, 15) is 0 Å². The molecule has 0 spiro atoms. The third-order valence-electron chi connectivity index (χ3n) is 8.79. The van der Waals surface area contributed by atoms with Crippen LogP contribution in [0, 0.1) is 23.7 Å². The average Bonchev–Trinajstić information content (AvgIpc) is 2.88. The van der Waals surface area contributed by atoms with E-state index in [4.69, 9.17) is 4.74 Å². The summed E-state index contributed by atoms with van der Waals surface area (Å²) < 4.78 is 6.00. The fourth-order valence-electron chi connectivity index (χ4n) is 6.44. The van der Waals surface area contributed by atoms with Crippen LogP contribution in [0.2, 0.25) is 0 Å². The van der Waals surface area contributed by atoms with Gasteiger partial charge in [-0.1, -0.05) is 115 Å². The molecule has 0 N–H and O–H groups in total. The van der Waals surface area contributed by atoms with Crippen LogP contribution in [0.5, 0.6) is 5.75 Å². The lowest BCUT2D eigenvalue weighted by Crippen LogP contribution is -2.15. The number of allylic oxidation sites excluding steroid dienone is 1.